The van der Waals surface area contributed by atoms with Gasteiger partial charge in [0.2, 0.25) is 0 Å². The minimum atomic E-state index is -0.851. The van der Waals surface area contributed by atoms with Gasteiger partial charge in [-0.15, -0.1) is 0 Å². The third-order valence-corrected chi connectivity index (χ3v) is 3.22. The van der Waals surface area contributed by atoms with Gasteiger partial charge in [-0.25, -0.2) is 0 Å². The third kappa shape index (κ3) is 5.04. The van der Waals surface area contributed by atoms with E-state index in [1.807, 2.05) is 13.8 Å². The Morgan fingerprint density at radius 3 is 2.06 bits per heavy atom. The van der Waals surface area contributed by atoms with Crippen LogP contribution in [-0.2, 0) is 4.79 Å². The van der Waals surface area contributed by atoms with E-state index in [0.717, 1.165) is 13.1 Å². The molecule has 2 N–H and O–H groups in total. The molecule has 0 aromatic carbocycles. The number of aliphatic carboxylic acids is 1. The molecule has 0 radical (unpaired) electrons. The van der Waals surface area contributed by atoms with Gasteiger partial charge in [-0.05, 0) is 47.2 Å². The van der Waals surface area contributed by atoms with Crippen LogP contribution in [0.2, 0.25) is 0 Å². The van der Waals surface area contributed by atoms with Gasteiger partial charge in [0, 0.05) is 12.1 Å². The largest absolute Gasteiger partial charge is 0.480 e. The van der Waals surface area contributed by atoms with Crippen molar-refractivity contribution in [1.82, 2.24) is 10.2 Å². The zero-order chi connectivity index (χ0) is 13.6. The summed E-state index contributed by atoms with van der Waals surface area (Å²) in [6.07, 6.45) is 0.613. The van der Waals surface area contributed by atoms with E-state index >= 15 is 0 Å². The van der Waals surface area contributed by atoms with Crippen molar-refractivity contribution in [3.05, 3.63) is 0 Å². The molecule has 0 aromatic heterocycles. The molecule has 0 aliphatic carbocycles. The molecule has 0 heterocycles. The van der Waals surface area contributed by atoms with Gasteiger partial charge in [-0.2, -0.15) is 0 Å². The first-order valence-electron chi connectivity index (χ1n) is 6.52. The Morgan fingerprint density at radius 1 is 1.29 bits per heavy atom. The lowest BCUT2D eigenvalue weighted by atomic mass is 9.92. The molecule has 0 aliphatic heterocycles. The van der Waals surface area contributed by atoms with Gasteiger partial charge in [0.05, 0.1) is 0 Å². The maximum absolute atomic E-state index is 11.4. The molecular formula is C13H28N2O2. The highest BCUT2D eigenvalue weighted by molar-refractivity contribution is 5.78. The van der Waals surface area contributed by atoms with E-state index in [-0.39, 0.29) is 12.1 Å². The quantitative estimate of drug-likeness (QED) is 0.685. The number of rotatable bonds is 8. The van der Waals surface area contributed by atoms with E-state index in [1.165, 1.54) is 0 Å². The first kappa shape index (κ1) is 16.4. The first-order chi connectivity index (χ1) is 7.76. The Labute approximate surface area is 105 Å². The van der Waals surface area contributed by atoms with Gasteiger partial charge in [0.1, 0.15) is 5.54 Å². The summed E-state index contributed by atoms with van der Waals surface area (Å²) in [5.74, 6) is -0.773. The number of nitrogens with one attached hydrogen (secondary N) is 1. The Morgan fingerprint density at radius 2 is 1.76 bits per heavy atom. The molecule has 102 valence electrons. The second-order valence-corrected chi connectivity index (χ2v) is 5.21. The Hall–Kier alpha value is -0.610. The van der Waals surface area contributed by atoms with Crippen molar-refractivity contribution in [2.24, 2.45) is 0 Å². The molecular weight excluding hydrogens is 216 g/mol. The van der Waals surface area contributed by atoms with E-state index in [1.54, 1.807) is 6.92 Å². The third-order valence-electron chi connectivity index (χ3n) is 3.22. The molecule has 2 atom stereocenters. The van der Waals surface area contributed by atoms with E-state index < -0.39 is 11.5 Å². The molecule has 4 heteroatoms. The number of hydrogen-bond donors (Lipinski definition) is 2. The highest BCUT2D eigenvalue weighted by Crippen LogP contribution is 2.17. The van der Waals surface area contributed by atoms with Crippen molar-refractivity contribution in [3.8, 4) is 0 Å². The van der Waals surface area contributed by atoms with E-state index in [0.29, 0.717) is 6.42 Å². The number of carbonyl (C=O) groups is 1. The fraction of sp³-hybridized carbons (Fsp3) is 0.923. The average Bonchev–Trinajstić information content (AvgIpc) is 2.17. The van der Waals surface area contributed by atoms with Crippen LogP contribution in [0, 0.1) is 0 Å². The Balaban J connectivity index is 4.69. The summed E-state index contributed by atoms with van der Waals surface area (Å²) >= 11 is 0. The second-order valence-electron chi connectivity index (χ2n) is 5.21. The predicted molar refractivity (Wildman–Crippen MR) is 71.3 cm³/mol. The summed E-state index contributed by atoms with van der Waals surface area (Å²) in [6.45, 7) is 13.9. The first-order valence-corrected chi connectivity index (χ1v) is 6.52. The smallest absolute Gasteiger partial charge is 0.323 e. The molecule has 2 unspecified atom stereocenters. The molecule has 17 heavy (non-hydrogen) atoms. The average molecular weight is 244 g/mol. The number of hydrogen-bond acceptors (Lipinski definition) is 3. The molecule has 0 rings (SSSR count). The summed E-state index contributed by atoms with van der Waals surface area (Å²) in [5.41, 5.74) is -0.851. The highest BCUT2D eigenvalue weighted by atomic mass is 16.4. The van der Waals surface area contributed by atoms with Crippen LogP contribution in [0.1, 0.15) is 48.0 Å². The summed E-state index contributed by atoms with van der Waals surface area (Å²) in [5, 5.41) is 12.5. The van der Waals surface area contributed by atoms with Gasteiger partial charge in [0.25, 0.3) is 0 Å². The molecule has 0 bridgehead atoms. The second kappa shape index (κ2) is 6.97. The van der Waals surface area contributed by atoms with Crippen molar-refractivity contribution < 1.29 is 9.90 Å². The topological polar surface area (TPSA) is 52.6 Å². The SMILES string of the molecule is CCN(CC)C(C)CC(C)(NC(C)C)C(=O)O. The van der Waals surface area contributed by atoms with Crippen molar-refractivity contribution >= 4 is 5.97 Å². The van der Waals surface area contributed by atoms with Crippen LogP contribution in [0.3, 0.4) is 0 Å². The van der Waals surface area contributed by atoms with Crippen molar-refractivity contribution in [2.45, 2.75) is 65.6 Å². The maximum Gasteiger partial charge on any atom is 0.323 e. The van der Waals surface area contributed by atoms with Crippen molar-refractivity contribution in [1.29, 1.82) is 0 Å². The van der Waals surface area contributed by atoms with E-state index in [2.05, 4.69) is 31.0 Å². The molecule has 0 amide bonds. The van der Waals surface area contributed by atoms with Crippen LogP contribution >= 0.6 is 0 Å². The van der Waals surface area contributed by atoms with Crippen LogP contribution < -0.4 is 5.32 Å². The molecule has 0 saturated carbocycles. The Bertz CT molecular complexity index is 240. The fourth-order valence-corrected chi connectivity index (χ4v) is 2.41. The summed E-state index contributed by atoms with van der Waals surface area (Å²) in [6, 6.07) is 0.428. The normalized spacial score (nSPS) is 17.2. The number of nitrogens with zero attached hydrogens (tertiary/aromatic N) is 1. The zero-order valence-corrected chi connectivity index (χ0v) is 12.1. The monoisotopic (exact) mass is 244 g/mol. The lowest BCUT2D eigenvalue weighted by Gasteiger charge is -2.35. The predicted octanol–water partition coefficient (Wildman–Crippen LogP) is 1.95. The molecule has 4 nitrogen and oxygen atoms in total. The lowest BCUT2D eigenvalue weighted by Crippen LogP contribution is -2.55. The number of carboxylic acid groups (broad SMARTS) is 1. The summed E-state index contributed by atoms with van der Waals surface area (Å²) in [4.78, 5) is 13.7. The molecule has 0 saturated heterocycles. The van der Waals surface area contributed by atoms with Crippen LogP contribution in [0.15, 0.2) is 0 Å². The lowest BCUT2D eigenvalue weighted by molar-refractivity contribution is -0.145. The van der Waals surface area contributed by atoms with Crippen LogP contribution in [-0.4, -0.2) is 46.7 Å². The molecule has 0 aromatic rings. The minimum Gasteiger partial charge on any atom is -0.480 e. The fourth-order valence-electron chi connectivity index (χ4n) is 2.41. The van der Waals surface area contributed by atoms with Gasteiger partial charge in [-0.3, -0.25) is 10.1 Å². The van der Waals surface area contributed by atoms with Gasteiger partial charge >= 0.3 is 5.97 Å². The summed E-state index contributed by atoms with van der Waals surface area (Å²) in [7, 11) is 0. The van der Waals surface area contributed by atoms with E-state index in [9.17, 15) is 9.90 Å². The maximum atomic E-state index is 11.4. The summed E-state index contributed by atoms with van der Waals surface area (Å²) < 4.78 is 0. The van der Waals surface area contributed by atoms with Crippen molar-refractivity contribution in [2.75, 3.05) is 13.1 Å². The zero-order valence-electron chi connectivity index (χ0n) is 12.1. The van der Waals surface area contributed by atoms with Crippen LogP contribution in [0.4, 0.5) is 0 Å². The van der Waals surface area contributed by atoms with Gasteiger partial charge < -0.3 is 10.0 Å². The molecule has 0 spiro atoms. The Kier molecular flexibility index (Phi) is 6.72. The highest BCUT2D eigenvalue weighted by Gasteiger charge is 2.35. The van der Waals surface area contributed by atoms with Crippen LogP contribution in [0.25, 0.3) is 0 Å². The van der Waals surface area contributed by atoms with Crippen LogP contribution in [0.5, 0.6) is 0 Å². The van der Waals surface area contributed by atoms with E-state index in [4.69, 9.17) is 0 Å². The van der Waals surface area contributed by atoms with Gasteiger partial charge in [-0.1, -0.05) is 13.8 Å². The van der Waals surface area contributed by atoms with Crippen molar-refractivity contribution in [3.63, 3.8) is 0 Å². The minimum absolute atomic E-state index is 0.167. The molecule has 0 aliphatic rings. The molecule has 0 fully saturated rings. The number of carboxylic acids is 1. The standard InChI is InChI=1S/C13H28N2O2/c1-7-15(8-2)11(5)9-13(6,12(16)17)14-10(3)4/h10-11,14H,7-9H2,1-6H3,(H,16,17). The van der Waals surface area contributed by atoms with Gasteiger partial charge in [0.15, 0.2) is 0 Å².